The number of amides is 1. The maximum Gasteiger partial charge on any atom is 0.251 e. The van der Waals surface area contributed by atoms with Gasteiger partial charge in [0.25, 0.3) is 5.91 Å². The van der Waals surface area contributed by atoms with Gasteiger partial charge in [0.15, 0.2) is 0 Å². The number of carbonyl (C=O) groups excluding carboxylic acids is 1. The van der Waals surface area contributed by atoms with E-state index in [-0.39, 0.29) is 18.3 Å². The first kappa shape index (κ1) is 12.3. The molecule has 2 aromatic rings. The predicted molar refractivity (Wildman–Crippen MR) is 68.7 cm³/mol. The van der Waals surface area contributed by atoms with Crippen molar-refractivity contribution in [2.75, 3.05) is 0 Å². The highest BCUT2D eigenvalue weighted by Crippen LogP contribution is 2.07. The van der Waals surface area contributed by atoms with Crippen LogP contribution in [0.25, 0.3) is 0 Å². The number of aryl methyl sites for hydroxylation is 1. The summed E-state index contributed by atoms with van der Waals surface area (Å²) in [6, 6.07) is 13.7. The topological polar surface area (TPSA) is 29.1 Å². The van der Waals surface area contributed by atoms with E-state index in [1.807, 2.05) is 19.1 Å². The van der Waals surface area contributed by atoms with Crippen molar-refractivity contribution in [1.29, 1.82) is 0 Å². The van der Waals surface area contributed by atoms with E-state index in [4.69, 9.17) is 0 Å². The second-order valence-corrected chi connectivity index (χ2v) is 4.14. The normalized spacial score (nSPS) is 10.1. The van der Waals surface area contributed by atoms with Crippen LogP contribution in [0.3, 0.4) is 0 Å². The zero-order valence-corrected chi connectivity index (χ0v) is 10.1. The largest absolute Gasteiger partial charge is 0.348 e. The van der Waals surface area contributed by atoms with Crippen molar-refractivity contribution in [2.45, 2.75) is 13.5 Å². The smallest absolute Gasteiger partial charge is 0.251 e. The Labute approximate surface area is 105 Å². The number of carbonyl (C=O) groups is 1. The Hall–Kier alpha value is -2.16. The van der Waals surface area contributed by atoms with Crippen LogP contribution in [0.15, 0.2) is 48.5 Å². The van der Waals surface area contributed by atoms with Crippen molar-refractivity contribution in [3.05, 3.63) is 71.0 Å². The standard InChI is InChI=1S/C15H14FNO/c1-11-5-4-7-12(9-11)15(18)17-10-13-6-2-3-8-14(13)16/h2-9H,10H2,1H3,(H,17,18). The molecule has 1 amide bonds. The molecule has 92 valence electrons. The van der Waals surface area contributed by atoms with Crippen molar-refractivity contribution in [2.24, 2.45) is 0 Å². The van der Waals surface area contributed by atoms with Gasteiger partial charge < -0.3 is 5.32 Å². The summed E-state index contributed by atoms with van der Waals surface area (Å²) in [4.78, 5) is 11.8. The molecule has 0 aromatic heterocycles. The molecular formula is C15H14FNO. The summed E-state index contributed by atoms with van der Waals surface area (Å²) < 4.78 is 13.4. The van der Waals surface area contributed by atoms with E-state index in [0.29, 0.717) is 11.1 Å². The molecule has 2 nitrogen and oxygen atoms in total. The molecule has 0 aliphatic carbocycles. The van der Waals surface area contributed by atoms with Crippen LogP contribution in [-0.4, -0.2) is 5.91 Å². The van der Waals surface area contributed by atoms with Crippen LogP contribution in [0.1, 0.15) is 21.5 Å². The van der Waals surface area contributed by atoms with Gasteiger partial charge in [-0.25, -0.2) is 4.39 Å². The molecular weight excluding hydrogens is 229 g/mol. The Kier molecular flexibility index (Phi) is 3.72. The molecule has 0 spiro atoms. The zero-order chi connectivity index (χ0) is 13.0. The fourth-order valence-corrected chi connectivity index (χ4v) is 1.71. The van der Waals surface area contributed by atoms with Gasteiger partial charge in [0, 0.05) is 17.7 Å². The van der Waals surface area contributed by atoms with Crippen LogP contribution in [0.5, 0.6) is 0 Å². The molecule has 0 saturated carbocycles. The van der Waals surface area contributed by atoms with Gasteiger partial charge in [0.2, 0.25) is 0 Å². The molecule has 0 atom stereocenters. The van der Waals surface area contributed by atoms with E-state index in [1.165, 1.54) is 6.07 Å². The lowest BCUT2D eigenvalue weighted by atomic mass is 10.1. The average Bonchev–Trinajstić information content (AvgIpc) is 2.37. The molecule has 0 heterocycles. The van der Waals surface area contributed by atoms with Gasteiger partial charge in [-0.2, -0.15) is 0 Å². The number of halogens is 1. The second-order valence-electron chi connectivity index (χ2n) is 4.14. The van der Waals surface area contributed by atoms with Gasteiger partial charge >= 0.3 is 0 Å². The molecule has 0 saturated heterocycles. The molecule has 1 N–H and O–H groups in total. The third-order valence-electron chi connectivity index (χ3n) is 2.68. The number of nitrogens with one attached hydrogen (secondary N) is 1. The molecule has 0 aliphatic rings. The van der Waals surface area contributed by atoms with Crippen LogP contribution >= 0.6 is 0 Å². The van der Waals surface area contributed by atoms with Crippen molar-refractivity contribution in [3.63, 3.8) is 0 Å². The number of hydrogen-bond donors (Lipinski definition) is 1. The van der Waals surface area contributed by atoms with Gasteiger partial charge in [0.05, 0.1) is 0 Å². The van der Waals surface area contributed by atoms with E-state index in [1.54, 1.807) is 30.3 Å². The van der Waals surface area contributed by atoms with Crippen LogP contribution in [0.2, 0.25) is 0 Å². The van der Waals surface area contributed by atoms with E-state index in [9.17, 15) is 9.18 Å². The van der Waals surface area contributed by atoms with Crippen LogP contribution < -0.4 is 5.32 Å². The summed E-state index contributed by atoms with van der Waals surface area (Å²) in [5.74, 6) is -0.496. The fourth-order valence-electron chi connectivity index (χ4n) is 1.71. The molecule has 0 unspecified atom stereocenters. The molecule has 0 aliphatic heterocycles. The van der Waals surface area contributed by atoms with Crippen molar-refractivity contribution < 1.29 is 9.18 Å². The zero-order valence-electron chi connectivity index (χ0n) is 10.1. The first-order valence-electron chi connectivity index (χ1n) is 5.75. The van der Waals surface area contributed by atoms with Crippen LogP contribution in [0.4, 0.5) is 4.39 Å². The molecule has 0 fully saturated rings. The predicted octanol–water partition coefficient (Wildman–Crippen LogP) is 3.06. The minimum Gasteiger partial charge on any atom is -0.348 e. The van der Waals surface area contributed by atoms with Crippen molar-refractivity contribution in [3.8, 4) is 0 Å². The first-order valence-corrected chi connectivity index (χ1v) is 5.75. The minimum atomic E-state index is -0.304. The Morgan fingerprint density at radius 2 is 1.94 bits per heavy atom. The summed E-state index contributed by atoms with van der Waals surface area (Å²) in [5, 5.41) is 2.70. The van der Waals surface area contributed by atoms with Crippen molar-refractivity contribution >= 4 is 5.91 Å². The Balaban J connectivity index is 2.03. The third kappa shape index (κ3) is 2.94. The first-order chi connectivity index (χ1) is 8.66. The lowest BCUT2D eigenvalue weighted by molar-refractivity contribution is 0.0950. The molecule has 18 heavy (non-hydrogen) atoms. The summed E-state index contributed by atoms with van der Waals surface area (Å²) >= 11 is 0. The second kappa shape index (κ2) is 5.45. The van der Waals surface area contributed by atoms with E-state index in [2.05, 4.69) is 5.32 Å². The average molecular weight is 243 g/mol. The Morgan fingerprint density at radius 1 is 1.17 bits per heavy atom. The maximum atomic E-state index is 13.4. The van der Waals surface area contributed by atoms with Gasteiger partial charge in [-0.05, 0) is 25.1 Å². The van der Waals surface area contributed by atoms with Gasteiger partial charge in [-0.3, -0.25) is 4.79 Å². The Bertz CT molecular complexity index is 566. The van der Waals surface area contributed by atoms with Crippen LogP contribution in [-0.2, 0) is 6.54 Å². The summed E-state index contributed by atoms with van der Waals surface area (Å²) in [7, 11) is 0. The monoisotopic (exact) mass is 243 g/mol. The van der Waals surface area contributed by atoms with E-state index >= 15 is 0 Å². The summed E-state index contributed by atoms with van der Waals surface area (Å²) in [5.41, 5.74) is 2.10. The lowest BCUT2D eigenvalue weighted by Crippen LogP contribution is -2.23. The lowest BCUT2D eigenvalue weighted by Gasteiger charge is -2.06. The maximum absolute atomic E-state index is 13.4. The quantitative estimate of drug-likeness (QED) is 0.882. The van der Waals surface area contributed by atoms with Crippen molar-refractivity contribution in [1.82, 2.24) is 5.32 Å². The van der Waals surface area contributed by atoms with Gasteiger partial charge in [0.1, 0.15) is 5.82 Å². The molecule has 3 heteroatoms. The minimum absolute atomic E-state index is 0.193. The van der Waals surface area contributed by atoms with E-state index < -0.39 is 0 Å². The Morgan fingerprint density at radius 3 is 2.67 bits per heavy atom. The highest BCUT2D eigenvalue weighted by molar-refractivity contribution is 5.94. The highest BCUT2D eigenvalue weighted by atomic mass is 19.1. The van der Waals surface area contributed by atoms with Gasteiger partial charge in [-0.1, -0.05) is 35.9 Å². The number of hydrogen-bond acceptors (Lipinski definition) is 1. The number of benzene rings is 2. The molecule has 2 aromatic carbocycles. The van der Waals surface area contributed by atoms with E-state index in [0.717, 1.165) is 5.56 Å². The summed E-state index contributed by atoms with van der Waals surface area (Å²) in [6.07, 6.45) is 0. The molecule has 0 bridgehead atoms. The third-order valence-corrected chi connectivity index (χ3v) is 2.68. The van der Waals surface area contributed by atoms with Gasteiger partial charge in [-0.15, -0.1) is 0 Å². The fraction of sp³-hybridized carbons (Fsp3) is 0.133. The highest BCUT2D eigenvalue weighted by Gasteiger charge is 2.06. The number of rotatable bonds is 3. The SMILES string of the molecule is Cc1cccc(C(=O)NCc2ccccc2F)c1. The molecule has 2 rings (SSSR count). The van der Waals surface area contributed by atoms with Crippen LogP contribution in [0, 0.1) is 12.7 Å². The summed E-state index contributed by atoms with van der Waals surface area (Å²) in [6.45, 7) is 2.12. The molecule has 0 radical (unpaired) electrons.